The zero-order chi connectivity index (χ0) is 9.26. The van der Waals surface area contributed by atoms with E-state index < -0.39 is 0 Å². The lowest BCUT2D eigenvalue weighted by molar-refractivity contribution is 0.240. The Hall–Kier alpha value is -0.0400. The lowest BCUT2D eigenvalue weighted by Crippen LogP contribution is -2.30. The summed E-state index contributed by atoms with van der Waals surface area (Å²) in [7, 11) is 0. The molecule has 13 heavy (non-hydrogen) atoms. The quantitative estimate of drug-likeness (QED) is 0.633. The first-order valence-corrected chi connectivity index (χ1v) is 6.05. The van der Waals surface area contributed by atoms with Gasteiger partial charge in [0.15, 0.2) is 0 Å². The van der Waals surface area contributed by atoms with Gasteiger partial charge in [-0.25, -0.2) is 0 Å². The Labute approximate surface area is 82.5 Å². The molecule has 2 fully saturated rings. The smallest absolute Gasteiger partial charge is 0.00645 e. The van der Waals surface area contributed by atoms with Gasteiger partial charge < -0.3 is 4.90 Å². The van der Waals surface area contributed by atoms with Crippen molar-refractivity contribution in [2.24, 2.45) is 11.8 Å². The van der Waals surface area contributed by atoms with E-state index in [-0.39, 0.29) is 0 Å². The van der Waals surface area contributed by atoms with E-state index in [1.165, 1.54) is 45.2 Å². The number of likely N-dealkylation sites (tertiary alicyclic amines) is 1. The van der Waals surface area contributed by atoms with E-state index >= 15 is 0 Å². The summed E-state index contributed by atoms with van der Waals surface area (Å²) >= 11 is 0. The first kappa shape index (κ1) is 9.51. The Morgan fingerprint density at radius 1 is 1.15 bits per heavy atom. The van der Waals surface area contributed by atoms with Crippen molar-refractivity contribution in [1.29, 1.82) is 0 Å². The van der Waals surface area contributed by atoms with Crippen LogP contribution in [0.4, 0.5) is 0 Å². The lowest BCUT2D eigenvalue weighted by atomic mass is 9.82. The molecule has 1 heterocycles. The van der Waals surface area contributed by atoms with Crippen molar-refractivity contribution >= 4 is 0 Å². The van der Waals surface area contributed by atoms with Gasteiger partial charge in [0, 0.05) is 19.1 Å². The third kappa shape index (κ3) is 1.90. The van der Waals surface area contributed by atoms with Gasteiger partial charge in [0.25, 0.3) is 0 Å². The highest BCUT2D eigenvalue weighted by Gasteiger charge is 2.35. The Balaban J connectivity index is 1.91. The number of fused-ring (bicyclic) bond motifs is 1. The highest BCUT2D eigenvalue weighted by molar-refractivity contribution is 4.88. The third-order valence-electron chi connectivity index (χ3n) is 4.22. The fourth-order valence-electron chi connectivity index (χ4n) is 3.06. The molecule has 0 aromatic carbocycles. The molecule has 3 unspecified atom stereocenters. The van der Waals surface area contributed by atoms with Gasteiger partial charge in [0.2, 0.25) is 0 Å². The van der Waals surface area contributed by atoms with Crippen LogP contribution in [0.25, 0.3) is 0 Å². The predicted molar refractivity (Wildman–Crippen MR) is 56.8 cm³/mol. The second-order valence-corrected chi connectivity index (χ2v) is 5.02. The van der Waals surface area contributed by atoms with E-state index in [4.69, 9.17) is 0 Å². The van der Waals surface area contributed by atoms with E-state index in [1.54, 1.807) is 0 Å². The van der Waals surface area contributed by atoms with Crippen molar-refractivity contribution in [3.63, 3.8) is 0 Å². The maximum atomic E-state index is 2.72. The van der Waals surface area contributed by atoms with Gasteiger partial charge in [-0.2, -0.15) is 0 Å². The summed E-state index contributed by atoms with van der Waals surface area (Å²) in [6, 6.07) is 0.825. The average Bonchev–Trinajstić information content (AvgIpc) is 2.59. The number of nitrogens with zero attached hydrogens (tertiary/aromatic N) is 1. The van der Waals surface area contributed by atoms with E-state index in [2.05, 4.69) is 18.7 Å². The molecule has 0 aromatic rings. The standard InChI is InChI=1S/C12H23N/c1-3-10(2)13-8-11-6-4-5-7-12(11)9-13/h10-12H,3-9H2,1-2H3. The lowest BCUT2D eigenvalue weighted by Gasteiger charge is -2.23. The van der Waals surface area contributed by atoms with Crippen LogP contribution >= 0.6 is 0 Å². The summed E-state index contributed by atoms with van der Waals surface area (Å²) in [4.78, 5) is 2.72. The van der Waals surface area contributed by atoms with Gasteiger partial charge in [0.1, 0.15) is 0 Å². The number of hydrogen-bond acceptors (Lipinski definition) is 1. The molecule has 0 radical (unpaired) electrons. The van der Waals surface area contributed by atoms with Crippen LogP contribution in [0.15, 0.2) is 0 Å². The maximum absolute atomic E-state index is 2.72. The summed E-state index contributed by atoms with van der Waals surface area (Å²) in [6.45, 7) is 7.50. The van der Waals surface area contributed by atoms with Gasteiger partial charge in [0.05, 0.1) is 0 Å². The molecule has 1 heteroatoms. The minimum Gasteiger partial charge on any atom is -0.300 e. The zero-order valence-electron chi connectivity index (χ0n) is 9.13. The molecule has 0 bridgehead atoms. The minimum absolute atomic E-state index is 0.825. The fourth-order valence-corrected chi connectivity index (χ4v) is 3.06. The van der Waals surface area contributed by atoms with Crippen molar-refractivity contribution in [3.8, 4) is 0 Å². The fraction of sp³-hybridized carbons (Fsp3) is 1.00. The Bertz CT molecular complexity index is 153. The first-order valence-electron chi connectivity index (χ1n) is 6.05. The molecular weight excluding hydrogens is 158 g/mol. The summed E-state index contributed by atoms with van der Waals surface area (Å²) in [5.74, 6) is 2.12. The second-order valence-electron chi connectivity index (χ2n) is 5.02. The van der Waals surface area contributed by atoms with Crippen LogP contribution < -0.4 is 0 Å². The summed E-state index contributed by atoms with van der Waals surface area (Å²) < 4.78 is 0. The summed E-state index contributed by atoms with van der Waals surface area (Å²) in [5, 5.41) is 0. The minimum atomic E-state index is 0.825. The van der Waals surface area contributed by atoms with Gasteiger partial charge in [-0.3, -0.25) is 0 Å². The number of hydrogen-bond donors (Lipinski definition) is 0. The van der Waals surface area contributed by atoms with E-state index in [1.807, 2.05) is 0 Å². The molecule has 2 aliphatic rings. The molecule has 1 aliphatic carbocycles. The molecule has 1 saturated carbocycles. The van der Waals surface area contributed by atoms with Crippen LogP contribution in [0, 0.1) is 11.8 Å². The highest BCUT2D eigenvalue weighted by Crippen LogP contribution is 2.36. The van der Waals surface area contributed by atoms with Gasteiger partial charge in [-0.05, 0) is 38.0 Å². The largest absolute Gasteiger partial charge is 0.300 e. The molecule has 0 aromatic heterocycles. The Morgan fingerprint density at radius 3 is 2.15 bits per heavy atom. The normalized spacial score (nSPS) is 37.4. The first-order chi connectivity index (χ1) is 6.31. The molecule has 1 nitrogen and oxygen atoms in total. The van der Waals surface area contributed by atoms with Crippen LogP contribution in [0.3, 0.4) is 0 Å². The molecule has 0 spiro atoms. The Kier molecular flexibility index (Phi) is 2.92. The topological polar surface area (TPSA) is 3.24 Å². The van der Waals surface area contributed by atoms with Crippen molar-refractivity contribution in [2.45, 2.75) is 52.0 Å². The SMILES string of the molecule is CCC(C)N1CC2CCCCC2C1. The molecule has 0 amide bonds. The van der Waals surface area contributed by atoms with Gasteiger partial charge >= 0.3 is 0 Å². The molecule has 0 N–H and O–H groups in total. The monoisotopic (exact) mass is 181 g/mol. The summed E-state index contributed by atoms with van der Waals surface area (Å²) in [5.41, 5.74) is 0. The maximum Gasteiger partial charge on any atom is 0.00645 e. The van der Waals surface area contributed by atoms with Crippen molar-refractivity contribution in [1.82, 2.24) is 4.90 Å². The molecule has 3 atom stereocenters. The van der Waals surface area contributed by atoms with E-state index in [0.717, 1.165) is 17.9 Å². The van der Waals surface area contributed by atoms with Gasteiger partial charge in [-0.1, -0.05) is 19.8 Å². The Morgan fingerprint density at radius 2 is 1.69 bits per heavy atom. The van der Waals surface area contributed by atoms with Crippen LogP contribution in [0.5, 0.6) is 0 Å². The van der Waals surface area contributed by atoms with Crippen LogP contribution in [-0.2, 0) is 0 Å². The molecule has 76 valence electrons. The number of rotatable bonds is 2. The van der Waals surface area contributed by atoms with Crippen molar-refractivity contribution in [3.05, 3.63) is 0 Å². The highest BCUT2D eigenvalue weighted by atomic mass is 15.2. The van der Waals surface area contributed by atoms with E-state index in [9.17, 15) is 0 Å². The van der Waals surface area contributed by atoms with Crippen molar-refractivity contribution < 1.29 is 0 Å². The van der Waals surface area contributed by atoms with E-state index in [0.29, 0.717) is 0 Å². The predicted octanol–water partition coefficient (Wildman–Crippen LogP) is 2.91. The van der Waals surface area contributed by atoms with Gasteiger partial charge in [-0.15, -0.1) is 0 Å². The van der Waals surface area contributed by atoms with Crippen molar-refractivity contribution in [2.75, 3.05) is 13.1 Å². The van der Waals surface area contributed by atoms with Crippen LogP contribution in [0.1, 0.15) is 46.0 Å². The van der Waals surface area contributed by atoms with Crippen LogP contribution in [-0.4, -0.2) is 24.0 Å². The molecule has 2 rings (SSSR count). The molecular formula is C12H23N. The molecule has 1 aliphatic heterocycles. The third-order valence-corrected chi connectivity index (χ3v) is 4.22. The zero-order valence-corrected chi connectivity index (χ0v) is 9.13. The van der Waals surface area contributed by atoms with Crippen LogP contribution in [0.2, 0.25) is 0 Å². The second kappa shape index (κ2) is 4.00. The summed E-state index contributed by atoms with van der Waals surface area (Å²) in [6.07, 6.45) is 7.33. The molecule has 1 saturated heterocycles. The average molecular weight is 181 g/mol.